The summed E-state index contributed by atoms with van der Waals surface area (Å²) in [5, 5.41) is 11.7. The third kappa shape index (κ3) is 6.03. The summed E-state index contributed by atoms with van der Waals surface area (Å²) in [6, 6.07) is 11.2. The number of non-ortho nitro benzene ring substituents is 1. The third-order valence-corrected chi connectivity index (χ3v) is 10.0. The van der Waals surface area contributed by atoms with Crippen molar-refractivity contribution in [1.29, 1.82) is 0 Å². The summed E-state index contributed by atoms with van der Waals surface area (Å²) < 4.78 is 66.7. The van der Waals surface area contributed by atoms with E-state index in [0.717, 1.165) is 0 Å². The zero-order valence-electron chi connectivity index (χ0n) is 24.5. The lowest BCUT2D eigenvalue weighted by Crippen LogP contribution is -2.65. The molecule has 236 valence electrons. The van der Waals surface area contributed by atoms with Crippen LogP contribution in [0.1, 0.15) is 37.9 Å². The number of pyridine rings is 1. The summed E-state index contributed by atoms with van der Waals surface area (Å²) in [4.78, 5) is 38.9. The van der Waals surface area contributed by atoms with Gasteiger partial charge >= 0.3 is 0 Å². The fourth-order valence-corrected chi connectivity index (χ4v) is 7.03. The number of aryl methyl sites for hydroxylation is 1. The molecular weight excluding hydrogens is 626 g/mol. The van der Waals surface area contributed by atoms with Gasteiger partial charge in [-0.3, -0.25) is 28.8 Å². The van der Waals surface area contributed by atoms with Crippen molar-refractivity contribution in [2.45, 2.75) is 43.0 Å². The molecule has 45 heavy (non-hydrogen) atoms. The number of unbranched alkanes of at least 4 members (excludes halogenated alkanes) is 1. The van der Waals surface area contributed by atoms with E-state index in [-0.39, 0.29) is 34.0 Å². The van der Waals surface area contributed by atoms with E-state index in [0.29, 0.717) is 34.3 Å². The van der Waals surface area contributed by atoms with E-state index in [1.807, 2.05) is 18.7 Å². The van der Waals surface area contributed by atoms with Gasteiger partial charge in [-0.2, -0.15) is 21.4 Å². The molecule has 1 atom stereocenters. The van der Waals surface area contributed by atoms with E-state index in [9.17, 15) is 41.1 Å². The third-order valence-electron chi connectivity index (χ3n) is 8.40. The van der Waals surface area contributed by atoms with Crippen LogP contribution in [0, 0.1) is 10.1 Å². The van der Waals surface area contributed by atoms with Crippen LogP contribution >= 0.6 is 0 Å². The Morgan fingerprint density at radius 1 is 0.978 bits per heavy atom. The van der Waals surface area contributed by atoms with Crippen LogP contribution in [-0.2, 0) is 32.7 Å². The van der Waals surface area contributed by atoms with Crippen LogP contribution in [-0.4, -0.2) is 49.2 Å². The van der Waals surface area contributed by atoms with E-state index >= 15 is 0 Å². The Bertz CT molecular complexity index is 2270. The first kappa shape index (κ1) is 32.1. The highest BCUT2D eigenvalue weighted by Crippen LogP contribution is 2.46. The van der Waals surface area contributed by atoms with Crippen molar-refractivity contribution in [2.24, 2.45) is 7.05 Å². The molecule has 1 aliphatic heterocycles. The van der Waals surface area contributed by atoms with E-state index < -0.39 is 53.2 Å². The Morgan fingerprint density at radius 2 is 1.67 bits per heavy atom. The molecule has 0 bridgehead atoms. The second kappa shape index (κ2) is 11.2. The van der Waals surface area contributed by atoms with Gasteiger partial charge in [-0.15, -0.1) is 0 Å². The van der Waals surface area contributed by atoms with Crippen molar-refractivity contribution in [3.05, 3.63) is 101 Å². The van der Waals surface area contributed by atoms with Gasteiger partial charge in [0, 0.05) is 48.0 Å². The monoisotopic (exact) mass is 656 g/mol. The minimum absolute atomic E-state index is 0.0419. The average Bonchev–Trinajstić information content (AvgIpc) is 3.17. The Labute approximate surface area is 257 Å². The zero-order chi connectivity index (χ0) is 33.1. The number of nitrogens with zero attached hydrogens (tertiary/aromatic N) is 3. The molecule has 1 unspecified atom stereocenters. The SMILES string of the molecule is C[n+]1c(C=c2c(=O)c(=CC3N(CCCCS(=O)(=O)O)c4ccc(S(=O)(=O)O)cc4C3(C)C)c2=O)ccc2cc([N+](=O)[O-])ccc21. The van der Waals surface area contributed by atoms with Crippen LogP contribution in [0.3, 0.4) is 0 Å². The van der Waals surface area contributed by atoms with E-state index in [1.165, 1.54) is 42.5 Å². The van der Waals surface area contributed by atoms with E-state index in [4.69, 9.17) is 4.55 Å². The minimum atomic E-state index is -4.52. The molecule has 3 aromatic carbocycles. The van der Waals surface area contributed by atoms with Gasteiger partial charge in [0.15, 0.2) is 0 Å². The van der Waals surface area contributed by atoms with Gasteiger partial charge < -0.3 is 4.90 Å². The van der Waals surface area contributed by atoms with Gasteiger partial charge in [0.2, 0.25) is 22.1 Å². The average molecular weight is 657 g/mol. The number of anilines is 1. The summed E-state index contributed by atoms with van der Waals surface area (Å²) >= 11 is 0. The molecule has 0 saturated carbocycles. The molecule has 0 radical (unpaired) electrons. The fourth-order valence-electron chi connectivity index (χ4n) is 5.95. The maximum Gasteiger partial charge on any atom is 0.294 e. The summed E-state index contributed by atoms with van der Waals surface area (Å²) in [6.45, 7) is 3.88. The highest BCUT2D eigenvalue weighted by atomic mass is 32.2. The van der Waals surface area contributed by atoms with Gasteiger partial charge in [0.05, 0.1) is 37.4 Å². The lowest BCUT2D eigenvalue weighted by molar-refractivity contribution is -0.646. The smallest absolute Gasteiger partial charge is 0.294 e. The summed E-state index contributed by atoms with van der Waals surface area (Å²) in [6.07, 6.45) is 3.46. The van der Waals surface area contributed by atoms with Crippen molar-refractivity contribution in [2.75, 3.05) is 17.2 Å². The molecule has 2 heterocycles. The van der Waals surface area contributed by atoms with Gasteiger partial charge in [0.1, 0.15) is 7.05 Å². The van der Waals surface area contributed by atoms with Crippen molar-refractivity contribution in [1.82, 2.24) is 0 Å². The molecule has 0 aliphatic carbocycles. The Balaban J connectivity index is 1.56. The van der Waals surface area contributed by atoms with Crippen LogP contribution in [0.5, 0.6) is 0 Å². The number of hydrogen-bond donors (Lipinski definition) is 2. The molecule has 5 rings (SSSR count). The summed E-state index contributed by atoms with van der Waals surface area (Å²) in [5.41, 5.74) is 0.447. The lowest BCUT2D eigenvalue weighted by Gasteiger charge is -2.32. The molecule has 15 heteroatoms. The van der Waals surface area contributed by atoms with Crippen LogP contribution < -0.4 is 30.8 Å². The number of fused-ring (bicyclic) bond motifs is 2. The first-order valence-electron chi connectivity index (χ1n) is 13.8. The zero-order valence-corrected chi connectivity index (χ0v) is 26.1. The predicted octanol–water partition coefficient (Wildman–Crippen LogP) is 0.859. The van der Waals surface area contributed by atoms with Gasteiger partial charge in [-0.05, 0) is 48.7 Å². The normalized spacial score (nSPS) is 16.2. The maximum absolute atomic E-state index is 13.3. The van der Waals surface area contributed by atoms with Gasteiger partial charge in [0.25, 0.3) is 25.9 Å². The molecule has 4 aromatic rings. The first-order valence-corrected chi connectivity index (χ1v) is 16.9. The summed E-state index contributed by atoms with van der Waals surface area (Å²) in [7, 11) is -6.97. The van der Waals surface area contributed by atoms with Crippen LogP contribution in [0.2, 0.25) is 0 Å². The highest BCUT2D eigenvalue weighted by Gasteiger charge is 2.44. The molecule has 0 amide bonds. The van der Waals surface area contributed by atoms with Crippen LogP contribution in [0.4, 0.5) is 11.4 Å². The van der Waals surface area contributed by atoms with Gasteiger partial charge in [-0.25, -0.2) is 0 Å². The van der Waals surface area contributed by atoms with Crippen LogP contribution in [0.25, 0.3) is 23.1 Å². The molecule has 1 aromatic heterocycles. The summed E-state index contributed by atoms with van der Waals surface area (Å²) in [5.74, 6) is -0.446. The molecule has 0 spiro atoms. The van der Waals surface area contributed by atoms with E-state index in [1.54, 1.807) is 29.8 Å². The number of nitro benzene ring substituents is 1. The Kier molecular flexibility index (Phi) is 8.02. The molecule has 0 fully saturated rings. The first-order chi connectivity index (χ1) is 20.9. The van der Waals surface area contributed by atoms with Crippen molar-refractivity contribution >= 4 is 54.7 Å². The molecule has 1 aliphatic rings. The van der Waals surface area contributed by atoms with Crippen LogP contribution in [0.15, 0.2) is 63.0 Å². The second-order valence-corrected chi connectivity index (χ2v) is 14.6. The van der Waals surface area contributed by atoms with Crippen molar-refractivity contribution < 1.29 is 35.4 Å². The topological polar surface area (TPSA) is 193 Å². The maximum atomic E-state index is 13.3. The standard InChI is InChI=1S/C30H29N3O10S2/c1-30(2)24-16-21(45(41,42)43)9-11-26(24)32(12-4-5-13-44(38,39)40)27(30)17-23-28(34)22(29(23)35)15-19-7-6-18-14-20(33(36)37)8-10-25(18)31(19)3/h6-11,14-17,27H,4-5,12-13H2,1-3H3,(H-,38,39,40,41,42,43)/p+1. The number of aromatic nitrogens is 1. The number of benzene rings is 2. The van der Waals surface area contributed by atoms with Crippen molar-refractivity contribution in [3.8, 4) is 0 Å². The van der Waals surface area contributed by atoms with Crippen molar-refractivity contribution in [3.63, 3.8) is 0 Å². The largest absolute Gasteiger partial charge is 0.364 e. The predicted molar refractivity (Wildman–Crippen MR) is 166 cm³/mol. The lowest BCUT2D eigenvalue weighted by atomic mass is 9.80. The fraction of sp³-hybridized carbons (Fsp3) is 0.300. The number of hydrogen-bond acceptors (Lipinski definition) is 9. The highest BCUT2D eigenvalue weighted by molar-refractivity contribution is 7.86. The number of rotatable bonds is 9. The molecule has 2 N–H and O–H groups in total. The van der Waals surface area contributed by atoms with E-state index in [2.05, 4.69) is 0 Å². The quantitative estimate of drug-likeness (QED) is 0.0853. The second-order valence-electron chi connectivity index (χ2n) is 11.6. The Morgan fingerprint density at radius 3 is 2.29 bits per heavy atom. The molecular formula is C30H30N3O10S2+. The Hall–Kier alpha value is -4.31. The van der Waals surface area contributed by atoms with Gasteiger partial charge in [-0.1, -0.05) is 13.8 Å². The molecule has 0 saturated heterocycles. The minimum Gasteiger partial charge on any atom is -0.364 e. The molecule has 13 nitrogen and oxygen atoms in total. The number of nitro groups is 1.